The molecular formula is C35H44Cl2Zr-2. The Morgan fingerprint density at radius 1 is 0.789 bits per heavy atom. The first-order valence-corrected chi connectivity index (χ1v) is 15.8. The molecule has 0 aliphatic heterocycles. The molecule has 2 atom stereocenters. The van der Waals surface area contributed by atoms with Crippen LogP contribution in [0.25, 0.3) is 11.1 Å². The molecule has 0 heterocycles. The van der Waals surface area contributed by atoms with Crippen LogP contribution < -0.4 is 24.8 Å². The van der Waals surface area contributed by atoms with Crippen LogP contribution in [0, 0.1) is 35.8 Å². The van der Waals surface area contributed by atoms with Gasteiger partial charge in [-0.3, -0.25) is 6.08 Å². The molecule has 38 heavy (non-hydrogen) atoms. The van der Waals surface area contributed by atoms with Crippen molar-refractivity contribution in [3.8, 4) is 11.1 Å². The van der Waals surface area contributed by atoms with Gasteiger partial charge in [-0.1, -0.05) is 35.4 Å². The number of hydrogen-bond acceptors (Lipinski definition) is 0. The molecule has 2 saturated carbocycles. The standard InChI is InChI=1S/C17H30.C13H9.C5H5.2ClH.Zr/c1-14(16-9-5-3-6-10-16)13-15(2)17-11-7-4-8-12-17;1-3-7-12-10(5-1)9-11-6-2-4-8-13(11)12;1-2-4-5-3-1;;;/h14-17H,3-12H2,1-2H3;1-5,7-8H,9H2;1-3H,4H2;2*1H;/q;2*-1;;;+2/p-2. The molecule has 0 bridgehead atoms. The van der Waals surface area contributed by atoms with Gasteiger partial charge in [0.1, 0.15) is 0 Å². The maximum Gasteiger partial charge on any atom is -0.0253 e. The van der Waals surface area contributed by atoms with E-state index in [0.717, 1.165) is 36.5 Å². The summed E-state index contributed by atoms with van der Waals surface area (Å²) in [4.78, 5) is 0. The van der Waals surface area contributed by atoms with Gasteiger partial charge in [-0.2, -0.15) is 35.9 Å². The number of rotatable bonds is 4. The predicted molar refractivity (Wildman–Crippen MR) is 152 cm³/mol. The molecule has 0 spiro atoms. The fourth-order valence-corrected chi connectivity index (χ4v) is 7.69. The van der Waals surface area contributed by atoms with E-state index in [1.54, 1.807) is 24.2 Å². The van der Waals surface area contributed by atoms with Gasteiger partial charge in [0.15, 0.2) is 0 Å². The van der Waals surface area contributed by atoms with Crippen LogP contribution >= 0.6 is 0 Å². The van der Waals surface area contributed by atoms with E-state index in [2.05, 4.69) is 68.5 Å². The second-order valence-corrected chi connectivity index (χ2v) is 12.6. The molecule has 204 valence electrons. The first-order chi connectivity index (χ1) is 17.6. The van der Waals surface area contributed by atoms with Crippen LogP contribution in [0.1, 0.15) is 95.6 Å². The van der Waals surface area contributed by atoms with Gasteiger partial charge in [0.05, 0.1) is 0 Å². The average molecular weight is 627 g/mol. The van der Waals surface area contributed by atoms with Gasteiger partial charge in [-0.15, -0.1) is 12.0 Å². The van der Waals surface area contributed by atoms with Crippen LogP contribution in [0.2, 0.25) is 0 Å². The summed E-state index contributed by atoms with van der Waals surface area (Å²) in [6, 6.07) is 18.1. The third kappa shape index (κ3) is 9.42. The second kappa shape index (κ2) is 17.8. The molecule has 0 radical (unpaired) electrons. The van der Waals surface area contributed by atoms with Crippen molar-refractivity contribution >= 4 is 3.21 Å². The van der Waals surface area contributed by atoms with Gasteiger partial charge in [0.2, 0.25) is 0 Å². The number of halogens is 2. The first kappa shape index (κ1) is 33.5. The SMILES string of the molecule is CC([C](=[Zr+2])C(C)C1CCCCC1)C1CCCCC1.[C-]1=CC=CC1.[Cl-].[Cl-].[c-]1cccc2c1Cc1ccccc1-2. The minimum atomic E-state index is 0. The summed E-state index contributed by atoms with van der Waals surface area (Å²) in [6.45, 7) is 5.08. The van der Waals surface area contributed by atoms with Crippen molar-refractivity contribution in [3.05, 3.63) is 84.0 Å². The van der Waals surface area contributed by atoms with E-state index in [9.17, 15) is 0 Å². The van der Waals surface area contributed by atoms with E-state index in [1.807, 2.05) is 21.4 Å². The summed E-state index contributed by atoms with van der Waals surface area (Å²) in [5.74, 6) is 3.89. The zero-order valence-corrected chi connectivity index (χ0v) is 27.3. The Hall–Kier alpha value is -0.747. The monoisotopic (exact) mass is 624 g/mol. The molecule has 2 fully saturated rings. The van der Waals surface area contributed by atoms with Crippen molar-refractivity contribution < 1.29 is 49.0 Å². The molecule has 3 heteroatoms. The maximum atomic E-state index is 3.30. The summed E-state index contributed by atoms with van der Waals surface area (Å²) in [6.07, 6.45) is 26.1. The summed E-state index contributed by atoms with van der Waals surface area (Å²) >= 11 is 1.74. The Labute approximate surface area is 260 Å². The summed E-state index contributed by atoms with van der Waals surface area (Å²) in [5.41, 5.74) is 5.51. The Bertz CT molecular complexity index is 948. The van der Waals surface area contributed by atoms with E-state index in [4.69, 9.17) is 0 Å². The van der Waals surface area contributed by atoms with Crippen LogP contribution in [0.3, 0.4) is 0 Å². The van der Waals surface area contributed by atoms with E-state index < -0.39 is 0 Å². The Balaban J connectivity index is 0.000000221. The van der Waals surface area contributed by atoms with Gasteiger partial charge < -0.3 is 24.8 Å². The van der Waals surface area contributed by atoms with Gasteiger partial charge in [-0.25, -0.2) is 12.2 Å². The van der Waals surface area contributed by atoms with Crippen molar-refractivity contribution in [1.29, 1.82) is 0 Å². The third-order valence-corrected chi connectivity index (χ3v) is 11.1. The molecule has 4 aliphatic rings. The van der Waals surface area contributed by atoms with E-state index >= 15 is 0 Å². The number of hydrogen-bond donors (Lipinski definition) is 0. The normalized spacial score (nSPS) is 19.3. The molecule has 0 aromatic heterocycles. The number of benzene rings is 2. The summed E-state index contributed by atoms with van der Waals surface area (Å²) < 4.78 is 1.92. The Morgan fingerprint density at radius 3 is 1.89 bits per heavy atom. The van der Waals surface area contributed by atoms with Crippen molar-refractivity contribution in [2.75, 3.05) is 0 Å². The zero-order chi connectivity index (χ0) is 25.2. The fourth-order valence-electron chi connectivity index (χ4n) is 6.53. The maximum absolute atomic E-state index is 3.30. The van der Waals surface area contributed by atoms with E-state index in [-0.39, 0.29) is 24.8 Å². The third-order valence-electron chi connectivity index (χ3n) is 8.90. The molecule has 0 N–H and O–H groups in total. The van der Waals surface area contributed by atoms with Crippen molar-refractivity contribution in [2.24, 2.45) is 23.7 Å². The molecule has 2 aromatic rings. The molecule has 0 amide bonds. The van der Waals surface area contributed by atoms with Crippen LogP contribution in [-0.4, -0.2) is 3.21 Å². The van der Waals surface area contributed by atoms with Crippen molar-refractivity contribution in [3.63, 3.8) is 0 Å². The fraction of sp³-hybridized carbons (Fsp3) is 0.514. The molecular weight excluding hydrogens is 583 g/mol. The van der Waals surface area contributed by atoms with Gasteiger partial charge in [-0.05, 0) is 6.42 Å². The molecule has 0 saturated heterocycles. The Kier molecular flexibility index (Phi) is 15.7. The van der Waals surface area contributed by atoms with E-state index in [1.165, 1.54) is 86.5 Å². The van der Waals surface area contributed by atoms with Crippen LogP contribution in [0.4, 0.5) is 0 Å². The van der Waals surface area contributed by atoms with Crippen molar-refractivity contribution in [2.45, 2.75) is 90.9 Å². The van der Waals surface area contributed by atoms with Gasteiger partial charge in [0.25, 0.3) is 0 Å². The molecule has 0 nitrogen and oxygen atoms in total. The van der Waals surface area contributed by atoms with Gasteiger partial charge in [0, 0.05) is 0 Å². The first-order valence-electron chi connectivity index (χ1n) is 14.5. The topological polar surface area (TPSA) is 0 Å². The molecule has 2 aromatic carbocycles. The quantitative estimate of drug-likeness (QED) is 0.389. The van der Waals surface area contributed by atoms with Gasteiger partial charge >= 0.3 is 129 Å². The Morgan fingerprint density at radius 2 is 1.37 bits per heavy atom. The minimum Gasteiger partial charge on any atom is -1.00 e. The smallest absolute Gasteiger partial charge is 0.0253 e. The van der Waals surface area contributed by atoms with Crippen LogP contribution in [0.15, 0.2) is 60.7 Å². The van der Waals surface area contributed by atoms with Crippen LogP contribution in [-0.2, 0) is 30.7 Å². The predicted octanol–water partition coefficient (Wildman–Crippen LogP) is 3.51. The molecule has 4 aliphatic carbocycles. The molecule has 2 unspecified atom stereocenters. The largest absolute Gasteiger partial charge is 1.00 e. The molecule has 6 rings (SSSR count). The zero-order valence-electron chi connectivity index (χ0n) is 23.3. The average Bonchev–Trinajstić information content (AvgIpc) is 3.65. The summed E-state index contributed by atoms with van der Waals surface area (Å²) in [5, 5.41) is 0. The van der Waals surface area contributed by atoms with Crippen LogP contribution in [0.5, 0.6) is 0 Å². The number of fused-ring (bicyclic) bond motifs is 3. The van der Waals surface area contributed by atoms with Crippen molar-refractivity contribution in [1.82, 2.24) is 0 Å². The van der Waals surface area contributed by atoms with E-state index in [0.29, 0.717) is 0 Å². The minimum absolute atomic E-state index is 0. The second-order valence-electron chi connectivity index (χ2n) is 11.2. The summed E-state index contributed by atoms with van der Waals surface area (Å²) in [7, 11) is 0. The number of allylic oxidation sites excluding steroid dienone is 4.